The standard InChI is InChI=1S/C11H20N2O3.ClH/c1-8(11(15)16-2)13-10(14)4-3-9-5-6-12-7-9;/h8-9,12H,3-7H2,1-2H3,(H,13,14);1H. The van der Waals surface area contributed by atoms with Crippen LogP contribution in [0.1, 0.15) is 26.2 Å². The summed E-state index contributed by atoms with van der Waals surface area (Å²) in [7, 11) is 1.31. The summed E-state index contributed by atoms with van der Waals surface area (Å²) in [5.74, 6) is 0.111. The maximum absolute atomic E-state index is 11.5. The number of rotatable bonds is 5. The molecule has 17 heavy (non-hydrogen) atoms. The summed E-state index contributed by atoms with van der Waals surface area (Å²) in [4.78, 5) is 22.6. The van der Waals surface area contributed by atoms with E-state index in [9.17, 15) is 9.59 Å². The molecule has 0 aromatic heterocycles. The van der Waals surface area contributed by atoms with Crippen LogP contribution in [0.5, 0.6) is 0 Å². The Balaban J connectivity index is 0.00000256. The fourth-order valence-corrected chi connectivity index (χ4v) is 1.85. The Morgan fingerprint density at radius 2 is 2.24 bits per heavy atom. The summed E-state index contributed by atoms with van der Waals surface area (Å²) in [6.45, 7) is 3.67. The number of amides is 1. The monoisotopic (exact) mass is 264 g/mol. The van der Waals surface area contributed by atoms with Crippen molar-refractivity contribution in [1.82, 2.24) is 10.6 Å². The lowest BCUT2D eigenvalue weighted by Gasteiger charge is -2.12. The van der Waals surface area contributed by atoms with E-state index < -0.39 is 12.0 Å². The number of hydrogen-bond donors (Lipinski definition) is 2. The van der Waals surface area contributed by atoms with Gasteiger partial charge >= 0.3 is 5.97 Å². The van der Waals surface area contributed by atoms with Crippen LogP contribution >= 0.6 is 12.4 Å². The molecule has 0 aliphatic carbocycles. The molecule has 2 N–H and O–H groups in total. The number of methoxy groups -OCH3 is 1. The van der Waals surface area contributed by atoms with E-state index in [2.05, 4.69) is 15.4 Å². The van der Waals surface area contributed by atoms with Crippen LogP contribution in [0, 0.1) is 5.92 Å². The molecule has 1 fully saturated rings. The van der Waals surface area contributed by atoms with Crippen molar-refractivity contribution >= 4 is 24.3 Å². The molecule has 0 saturated carbocycles. The van der Waals surface area contributed by atoms with Crippen molar-refractivity contribution < 1.29 is 14.3 Å². The number of carbonyl (C=O) groups is 2. The summed E-state index contributed by atoms with van der Waals surface area (Å²) in [6, 6.07) is -0.556. The first-order valence-electron chi connectivity index (χ1n) is 5.71. The number of hydrogen-bond acceptors (Lipinski definition) is 4. The Hall–Kier alpha value is -0.810. The fourth-order valence-electron chi connectivity index (χ4n) is 1.85. The van der Waals surface area contributed by atoms with Crippen molar-refractivity contribution in [2.75, 3.05) is 20.2 Å². The minimum Gasteiger partial charge on any atom is -0.467 e. The van der Waals surface area contributed by atoms with Crippen LogP contribution in [0.2, 0.25) is 0 Å². The second kappa shape index (κ2) is 8.31. The molecule has 6 heteroatoms. The second-order valence-corrected chi connectivity index (χ2v) is 4.21. The van der Waals surface area contributed by atoms with Crippen molar-refractivity contribution in [1.29, 1.82) is 0 Å². The molecular formula is C11H21ClN2O3. The Morgan fingerprint density at radius 1 is 1.53 bits per heavy atom. The molecule has 1 aliphatic heterocycles. The first kappa shape index (κ1) is 16.2. The van der Waals surface area contributed by atoms with E-state index in [0.29, 0.717) is 12.3 Å². The van der Waals surface area contributed by atoms with Crippen molar-refractivity contribution in [3.63, 3.8) is 0 Å². The van der Waals surface area contributed by atoms with Gasteiger partial charge in [0.25, 0.3) is 0 Å². The van der Waals surface area contributed by atoms with E-state index in [1.54, 1.807) is 6.92 Å². The van der Waals surface area contributed by atoms with E-state index in [-0.39, 0.29) is 18.3 Å². The second-order valence-electron chi connectivity index (χ2n) is 4.21. The average molecular weight is 265 g/mol. The normalized spacial score (nSPS) is 20.2. The van der Waals surface area contributed by atoms with E-state index in [1.807, 2.05) is 0 Å². The third-order valence-corrected chi connectivity index (χ3v) is 2.87. The molecule has 1 rings (SSSR count). The topological polar surface area (TPSA) is 67.4 Å². The quantitative estimate of drug-likeness (QED) is 0.709. The van der Waals surface area contributed by atoms with Gasteiger partial charge in [0.2, 0.25) is 5.91 Å². The zero-order chi connectivity index (χ0) is 12.0. The lowest BCUT2D eigenvalue weighted by Crippen LogP contribution is -2.39. The van der Waals surface area contributed by atoms with Crippen molar-refractivity contribution in [2.45, 2.75) is 32.2 Å². The molecule has 0 radical (unpaired) electrons. The van der Waals surface area contributed by atoms with Crippen LogP contribution in [-0.2, 0) is 14.3 Å². The van der Waals surface area contributed by atoms with Gasteiger partial charge in [-0.1, -0.05) is 0 Å². The van der Waals surface area contributed by atoms with Crippen molar-refractivity contribution in [3.05, 3.63) is 0 Å². The molecule has 5 nitrogen and oxygen atoms in total. The van der Waals surface area contributed by atoms with Gasteiger partial charge in [-0.3, -0.25) is 4.79 Å². The molecule has 2 unspecified atom stereocenters. The van der Waals surface area contributed by atoms with Gasteiger partial charge in [0.05, 0.1) is 7.11 Å². The van der Waals surface area contributed by atoms with Gasteiger partial charge in [-0.15, -0.1) is 12.4 Å². The van der Waals surface area contributed by atoms with Gasteiger partial charge in [-0.05, 0) is 38.8 Å². The molecule has 100 valence electrons. The van der Waals surface area contributed by atoms with E-state index in [0.717, 1.165) is 25.9 Å². The fraction of sp³-hybridized carbons (Fsp3) is 0.818. The predicted octanol–water partition coefficient (Wildman–Crippen LogP) is 0.476. The van der Waals surface area contributed by atoms with Gasteiger partial charge in [-0.2, -0.15) is 0 Å². The zero-order valence-electron chi connectivity index (χ0n) is 10.3. The van der Waals surface area contributed by atoms with E-state index >= 15 is 0 Å². The zero-order valence-corrected chi connectivity index (χ0v) is 11.1. The van der Waals surface area contributed by atoms with Crippen LogP contribution in [0.25, 0.3) is 0 Å². The molecule has 0 spiro atoms. The number of nitrogens with one attached hydrogen (secondary N) is 2. The van der Waals surface area contributed by atoms with Crippen molar-refractivity contribution in [2.24, 2.45) is 5.92 Å². The van der Waals surface area contributed by atoms with Crippen LogP contribution < -0.4 is 10.6 Å². The number of halogens is 1. The van der Waals surface area contributed by atoms with Crippen molar-refractivity contribution in [3.8, 4) is 0 Å². The lowest BCUT2D eigenvalue weighted by molar-refractivity contribution is -0.144. The summed E-state index contributed by atoms with van der Waals surface area (Å²) >= 11 is 0. The molecule has 1 aliphatic rings. The van der Waals surface area contributed by atoms with Crippen LogP contribution in [0.15, 0.2) is 0 Å². The smallest absolute Gasteiger partial charge is 0.328 e. The molecular weight excluding hydrogens is 244 g/mol. The first-order chi connectivity index (χ1) is 7.63. The van der Waals surface area contributed by atoms with Gasteiger partial charge in [0.1, 0.15) is 6.04 Å². The highest BCUT2D eigenvalue weighted by Gasteiger charge is 2.18. The molecule has 1 heterocycles. The summed E-state index contributed by atoms with van der Waals surface area (Å²) in [5.41, 5.74) is 0. The largest absolute Gasteiger partial charge is 0.467 e. The maximum Gasteiger partial charge on any atom is 0.328 e. The summed E-state index contributed by atoms with van der Waals surface area (Å²) in [5, 5.41) is 5.88. The number of carbonyl (C=O) groups excluding carboxylic acids is 2. The maximum atomic E-state index is 11.5. The molecule has 1 amide bonds. The highest BCUT2D eigenvalue weighted by Crippen LogP contribution is 2.13. The molecule has 1 saturated heterocycles. The van der Waals surface area contributed by atoms with Crippen LogP contribution in [0.3, 0.4) is 0 Å². The highest BCUT2D eigenvalue weighted by molar-refractivity contribution is 5.85. The molecule has 2 atom stereocenters. The lowest BCUT2D eigenvalue weighted by atomic mass is 10.0. The Morgan fingerprint density at radius 3 is 2.76 bits per heavy atom. The predicted molar refractivity (Wildman–Crippen MR) is 67.1 cm³/mol. The Bertz CT molecular complexity index is 255. The minimum atomic E-state index is -0.556. The Labute approximate surface area is 108 Å². The summed E-state index contributed by atoms with van der Waals surface area (Å²) in [6.07, 6.45) is 2.50. The average Bonchev–Trinajstić information content (AvgIpc) is 2.78. The van der Waals surface area contributed by atoms with Crippen LogP contribution in [0.4, 0.5) is 0 Å². The number of ether oxygens (including phenoxy) is 1. The molecule has 0 bridgehead atoms. The van der Waals surface area contributed by atoms with E-state index in [1.165, 1.54) is 7.11 Å². The van der Waals surface area contributed by atoms with Crippen LogP contribution in [-0.4, -0.2) is 38.1 Å². The molecule has 0 aromatic carbocycles. The van der Waals surface area contributed by atoms with Gasteiger partial charge in [0, 0.05) is 6.42 Å². The van der Waals surface area contributed by atoms with Gasteiger partial charge in [0.15, 0.2) is 0 Å². The highest BCUT2D eigenvalue weighted by atomic mass is 35.5. The number of esters is 1. The summed E-state index contributed by atoms with van der Waals surface area (Å²) < 4.78 is 4.53. The molecule has 0 aromatic rings. The van der Waals surface area contributed by atoms with Gasteiger partial charge in [-0.25, -0.2) is 4.79 Å². The third-order valence-electron chi connectivity index (χ3n) is 2.87. The Kier molecular flexibility index (Phi) is 7.91. The third kappa shape index (κ3) is 5.89. The minimum absolute atomic E-state index is 0. The van der Waals surface area contributed by atoms with Gasteiger partial charge < -0.3 is 15.4 Å². The SMILES string of the molecule is COC(=O)C(C)NC(=O)CCC1CCNC1.Cl. The first-order valence-corrected chi connectivity index (χ1v) is 5.71. The van der Waals surface area contributed by atoms with E-state index in [4.69, 9.17) is 0 Å².